The monoisotopic (exact) mass is 443 g/mol. The van der Waals surface area contributed by atoms with Gasteiger partial charge in [-0.1, -0.05) is 12.1 Å². The minimum Gasteiger partial charge on any atom is -0.404 e. The zero-order valence-corrected chi connectivity index (χ0v) is 19.2. The summed E-state index contributed by atoms with van der Waals surface area (Å²) in [5.41, 5.74) is 9.00. The van der Waals surface area contributed by atoms with E-state index in [1.54, 1.807) is 31.7 Å². The molecule has 8 nitrogen and oxygen atoms in total. The summed E-state index contributed by atoms with van der Waals surface area (Å²) in [6.45, 7) is 5.70. The molecular weight excluding hydrogens is 414 g/mol. The molecule has 33 heavy (non-hydrogen) atoms. The van der Waals surface area contributed by atoms with Crippen molar-refractivity contribution in [2.75, 3.05) is 50.5 Å². The predicted octanol–water partition coefficient (Wildman–Crippen LogP) is 2.94. The van der Waals surface area contributed by atoms with E-state index >= 15 is 0 Å². The molecule has 1 aliphatic heterocycles. The van der Waals surface area contributed by atoms with E-state index in [2.05, 4.69) is 37.1 Å². The summed E-state index contributed by atoms with van der Waals surface area (Å²) in [6, 6.07) is 9.59. The Balaban J connectivity index is 1.59. The molecule has 1 aromatic carbocycles. The van der Waals surface area contributed by atoms with Crippen molar-refractivity contribution in [2.24, 2.45) is 10.7 Å². The van der Waals surface area contributed by atoms with Crippen molar-refractivity contribution >= 4 is 40.1 Å². The highest BCUT2D eigenvalue weighted by molar-refractivity contribution is 6.11. The van der Waals surface area contributed by atoms with E-state index in [-0.39, 0.29) is 5.91 Å². The average molecular weight is 444 g/mol. The number of fused-ring (bicyclic) bond motifs is 1. The number of aryl methyl sites for hydroxylation is 1. The molecule has 1 fully saturated rings. The molecule has 170 valence electrons. The molecule has 0 bridgehead atoms. The van der Waals surface area contributed by atoms with E-state index in [0.717, 1.165) is 59.5 Å². The van der Waals surface area contributed by atoms with Crippen LogP contribution in [0.1, 0.15) is 21.5 Å². The first-order valence-corrected chi connectivity index (χ1v) is 10.9. The Labute approximate surface area is 193 Å². The largest absolute Gasteiger partial charge is 0.404 e. The number of anilines is 2. The number of allylic oxidation sites excluding steroid dienone is 1. The van der Waals surface area contributed by atoms with Crippen molar-refractivity contribution in [1.29, 1.82) is 0 Å². The smallest absolute Gasteiger partial charge is 0.257 e. The first-order chi connectivity index (χ1) is 16.0. The molecule has 1 aliphatic rings. The van der Waals surface area contributed by atoms with E-state index in [0.29, 0.717) is 11.4 Å². The molecule has 0 unspecified atom stereocenters. The van der Waals surface area contributed by atoms with Gasteiger partial charge >= 0.3 is 0 Å². The number of carbonyl (C=O) groups is 1. The Morgan fingerprint density at radius 3 is 2.64 bits per heavy atom. The Hall–Kier alpha value is -3.78. The normalized spacial score (nSPS) is 15.4. The molecule has 0 radical (unpaired) electrons. The van der Waals surface area contributed by atoms with Crippen molar-refractivity contribution in [1.82, 2.24) is 14.9 Å². The van der Waals surface area contributed by atoms with Gasteiger partial charge in [0.05, 0.1) is 0 Å². The van der Waals surface area contributed by atoms with Crippen molar-refractivity contribution < 1.29 is 4.79 Å². The molecule has 4 rings (SSSR count). The number of aliphatic imine (C=N–C) groups is 1. The third-order valence-corrected chi connectivity index (χ3v) is 5.99. The first-order valence-electron chi connectivity index (χ1n) is 10.9. The van der Waals surface area contributed by atoms with Crippen molar-refractivity contribution in [3.05, 3.63) is 65.6 Å². The van der Waals surface area contributed by atoms with Crippen LogP contribution >= 0.6 is 0 Å². The number of nitrogens with two attached hydrogens (primary N) is 1. The molecule has 8 heteroatoms. The lowest BCUT2D eigenvalue weighted by molar-refractivity contribution is 0.102. The molecule has 3 N–H and O–H groups in total. The number of piperazine rings is 1. The maximum atomic E-state index is 13.0. The number of aromatic nitrogens is 2. The van der Waals surface area contributed by atoms with Gasteiger partial charge in [0.2, 0.25) is 0 Å². The number of carbonyl (C=O) groups excluding carboxylic acids is 1. The minimum atomic E-state index is -0.209. The zero-order chi connectivity index (χ0) is 23.4. The fraction of sp³-hybridized carbons (Fsp3) is 0.280. The minimum absolute atomic E-state index is 0.209. The summed E-state index contributed by atoms with van der Waals surface area (Å²) in [5.74, 6) is 1.15. The molecule has 3 aromatic rings. The number of benzene rings is 1. The Bertz CT molecular complexity index is 1230. The van der Waals surface area contributed by atoms with Gasteiger partial charge in [0.1, 0.15) is 11.6 Å². The quantitative estimate of drug-likeness (QED) is 0.588. The number of hydrogen-bond donors (Lipinski definition) is 2. The summed E-state index contributed by atoms with van der Waals surface area (Å²) in [4.78, 5) is 30.6. The number of rotatable bonds is 5. The average Bonchev–Trinajstić information content (AvgIpc) is 2.84. The van der Waals surface area contributed by atoms with Crippen LogP contribution in [0.2, 0.25) is 0 Å². The first kappa shape index (κ1) is 22.4. The fourth-order valence-electron chi connectivity index (χ4n) is 3.96. The van der Waals surface area contributed by atoms with Crippen LogP contribution in [0.25, 0.3) is 16.3 Å². The number of hydrogen-bond acceptors (Lipinski definition) is 7. The summed E-state index contributed by atoms with van der Waals surface area (Å²) in [6.07, 6.45) is 6.71. The molecule has 0 atom stereocenters. The topological polar surface area (TPSA) is 99.7 Å². The third-order valence-electron chi connectivity index (χ3n) is 5.99. The maximum Gasteiger partial charge on any atom is 0.257 e. The summed E-state index contributed by atoms with van der Waals surface area (Å²) < 4.78 is 0. The van der Waals surface area contributed by atoms with Crippen LogP contribution in [-0.2, 0) is 0 Å². The van der Waals surface area contributed by atoms with E-state index < -0.39 is 0 Å². The van der Waals surface area contributed by atoms with Crippen LogP contribution in [0.15, 0.2) is 53.9 Å². The second kappa shape index (κ2) is 9.79. The number of likely N-dealkylation sites (N-methyl/N-ethyl adjacent to an activating group) is 1. The van der Waals surface area contributed by atoms with E-state index in [1.807, 2.05) is 31.2 Å². The molecule has 3 heterocycles. The van der Waals surface area contributed by atoms with Crippen molar-refractivity contribution in [2.45, 2.75) is 6.92 Å². The maximum absolute atomic E-state index is 13.0. The second-order valence-corrected chi connectivity index (χ2v) is 8.19. The SMILES string of the molecule is CN=CC(=CN)c1ccc2cnc(NC(=O)c3ccnc(N4CCN(C)CC4)c3)c(C)c2c1. The number of amides is 1. The summed E-state index contributed by atoms with van der Waals surface area (Å²) in [7, 11) is 3.82. The molecular formula is C25H29N7O. The van der Waals surface area contributed by atoms with Crippen LogP contribution in [0, 0.1) is 6.92 Å². The van der Waals surface area contributed by atoms with E-state index in [1.165, 1.54) is 6.20 Å². The molecule has 0 saturated carbocycles. The van der Waals surface area contributed by atoms with Gasteiger partial charge in [0.15, 0.2) is 0 Å². The number of nitrogens with zero attached hydrogens (tertiary/aromatic N) is 5. The lowest BCUT2D eigenvalue weighted by Gasteiger charge is -2.33. The Morgan fingerprint density at radius 1 is 1.12 bits per heavy atom. The van der Waals surface area contributed by atoms with Gasteiger partial charge in [-0.3, -0.25) is 9.79 Å². The van der Waals surface area contributed by atoms with Crippen molar-refractivity contribution in [3.8, 4) is 0 Å². The van der Waals surface area contributed by atoms with Crippen LogP contribution < -0.4 is 16.0 Å². The highest BCUT2D eigenvalue weighted by Crippen LogP contribution is 2.27. The van der Waals surface area contributed by atoms with Gasteiger partial charge in [-0.2, -0.15) is 0 Å². The van der Waals surface area contributed by atoms with Crippen LogP contribution in [0.5, 0.6) is 0 Å². The lowest BCUT2D eigenvalue weighted by Crippen LogP contribution is -2.44. The number of nitrogens with one attached hydrogen (secondary N) is 1. The van der Waals surface area contributed by atoms with Crippen LogP contribution in [-0.4, -0.2) is 67.3 Å². The summed E-state index contributed by atoms with van der Waals surface area (Å²) >= 11 is 0. The van der Waals surface area contributed by atoms with Gasteiger partial charge in [0.25, 0.3) is 5.91 Å². The van der Waals surface area contributed by atoms with Gasteiger partial charge in [-0.15, -0.1) is 0 Å². The summed E-state index contributed by atoms with van der Waals surface area (Å²) in [5, 5.41) is 4.95. The Morgan fingerprint density at radius 2 is 1.91 bits per heavy atom. The standard InChI is InChI=1S/C25H29N7O/c1-17-22-12-18(21(14-26)15-27-2)4-5-20(22)16-29-24(17)30-25(33)19-6-7-28-23(13-19)32-10-8-31(3)9-11-32/h4-7,12-16H,8-11,26H2,1-3H3,(H,29,30,33). The van der Waals surface area contributed by atoms with Crippen molar-refractivity contribution in [3.63, 3.8) is 0 Å². The predicted molar refractivity (Wildman–Crippen MR) is 135 cm³/mol. The molecule has 0 aliphatic carbocycles. The van der Waals surface area contributed by atoms with E-state index in [4.69, 9.17) is 5.73 Å². The lowest BCUT2D eigenvalue weighted by atomic mass is 10.0. The third kappa shape index (κ3) is 4.85. The van der Waals surface area contributed by atoms with Gasteiger partial charge < -0.3 is 20.9 Å². The van der Waals surface area contributed by atoms with Crippen LogP contribution in [0.4, 0.5) is 11.6 Å². The number of pyridine rings is 2. The van der Waals surface area contributed by atoms with Gasteiger partial charge in [-0.25, -0.2) is 9.97 Å². The molecule has 2 aromatic heterocycles. The highest BCUT2D eigenvalue weighted by atomic mass is 16.1. The second-order valence-electron chi connectivity index (χ2n) is 8.19. The Kier molecular flexibility index (Phi) is 6.65. The fourth-order valence-corrected chi connectivity index (χ4v) is 3.96. The molecule has 0 spiro atoms. The molecule has 1 amide bonds. The molecule has 1 saturated heterocycles. The van der Waals surface area contributed by atoms with Gasteiger partial charge in [-0.05, 0) is 48.7 Å². The highest BCUT2D eigenvalue weighted by Gasteiger charge is 2.17. The van der Waals surface area contributed by atoms with E-state index in [9.17, 15) is 4.79 Å². The zero-order valence-electron chi connectivity index (χ0n) is 19.2. The van der Waals surface area contributed by atoms with Crippen LogP contribution in [0.3, 0.4) is 0 Å². The van der Waals surface area contributed by atoms with Gasteiger partial charge in [0, 0.05) is 74.6 Å².